The van der Waals surface area contributed by atoms with Crippen molar-refractivity contribution in [1.82, 2.24) is 0 Å². The predicted molar refractivity (Wildman–Crippen MR) is 168 cm³/mol. The number of phenolic OH excluding ortho intramolecular Hbond substituents is 1. The van der Waals surface area contributed by atoms with Gasteiger partial charge in [0.25, 0.3) is 0 Å². The minimum Gasteiger partial charge on any atom is -0.507 e. The fraction of sp³-hybridized carbons (Fsp3) is 0.105. The maximum absolute atomic E-state index is 10.4. The molecule has 2 aromatic heterocycles. The number of unbranched alkanes of at least 4 members (excludes halogenated alkanes) is 1. The minimum absolute atomic E-state index is 0.273. The number of ether oxygens (including phenoxy) is 1. The van der Waals surface area contributed by atoms with Crippen LogP contribution in [0.25, 0.3) is 44.8 Å². The van der Waals surface area contributed by atoms with Gasteiger partial charge in [0.1, 0.15) is 11.5 Å². The number of hydrogen-bond acceptors (Lipinski definition) is 2. The van der Waals surface area contributed by atoms with Crippen molar-refractivity contribution in [3.05, 3.63) is 146 Å². The van der Waals surface area contributed by atoms with E-state index < -0.39 is 0 Å². The summed E-state index contributed by atoms with van der Waals surface area (Å²) in [5.41, 5.74) is 8.37. The van der Waals surface area contributed by atoms with Crippen molar-refractivity contribution in [2.75, 3.05) is 6.61 Å². The Balaban J connectivity index is 1.24. The number of phenols is 1. The molecule has 0 radical (unpaired) electrons. The number of benzene rings is 4. The third-order valence-electron chi connectivity index (χ3n) is 7.46. The van der Waals surface area contributed by atoms with Crippen LogP contribution in [0.4, 0.5) is 0 Å². The van der Waals surface area contributed by atoms with E-state index in [-0.39, 0.29) is 5.75 Å². The molecular weight excluding hydrogens is 516 g/mol. The molecule has 0 bridgehead atoms. The van der Waals surface area contributed by atoms with Gasteiger partial charge in [0.2, 0.25) is 11.4 Å². The molecule has 0 aliphatic carbocycles. The SMILES string of the molecule is CCCCOc1ccc(-[n+]2ccc(-c3cc[n+](-c4ccc(O)c(-c5ccccc5)c4)cc3)cc2)cc1-c1ccccc1. The number of aromatic nitrogens is 2. The lowest BCUT2D eigenvalue weighted by atomic mass is 10.0. The summed E-state index contributed by atoms with van der Waals surface area (Å²) in [6.45, 7) is 2.89. The van der Waals surface area contributed by atoms with Gasteiger partial charge >= 0.3 is 0 Å². The van der Waals surface area contributed by atoms with E-state index in [0.29, 0.717) is 0 Å². The van der Waals surface area contributed by atoms with E-state index in [9.17, 15) is 5.11 Å². The topological polar surface area (TPSA) is 37.2 Å². The van der Waals surface area contributed by atoms with Crippen molar-refractivity contribution >= 4 is 0 Å². The zero-order valence-corrected chi connectivity index (χ0v) is 23.7. The van der Waals surface area contributed by atoms with Crippen LogP contribution < -0.4 is 13.9 Å². The molecule has 1 N–H and O–H groups in total. The van der Waals surface area contributed by atoms with Gasteiger partial charge in [-0.05, 0) is 40.8 Å². The molecule has 0 unspecified atom stereocenters. The minimum atomic E-state index is 0.273. The predicted octanol–water partition coefficient (Wildman–Crippen LogP) is 8.13. The molecular formula is C38H34N2O2+2. The van der Waals surface area contributed by atoms with E-state index >= 15 is 0 Å². The van der Waals surface area contributed by atoms with Gasteiger partial charge < -0.3 is 9.84 Å². The van der Waals surface area contributed by atoms with E-state index in [4.69, 9.17) is 4.74 Å². The van der Waals surface area contributed by atoms with Crippen LogP contribution in [0.1, 0.15) is 19.8 Å². The molecule has 206 valence electrons. The van der Waals surface area contributed by atoms with Crippen LogP contribution in [0.3, 0.4) is 0 Å². The molecule has 0 saturated heterocycles. The Kier molecular flexibility index (Phi) is 8.05. The van der Waals surface area contributed by atoms with Gasteiger partial charge in [-0.2, -0.15) is 9.13 Å². The van der Waals surface area contributed by atoms with Gasteiger partial charge in [0.15, 0.2) is 24.8 Å². The molecule has 6 rings (SSSR count). The van der Waals surface area contributed by atoms with Crippen LogP contribution in [0.5, 0.6) is 11.5 Å². The second-order valence-corrected chi connectivity index (χ2v) is 10.3. The first-order valence-electron chi connectivity index (χ1n) is 14.4. The summed E-state index contributed by atoms with van der Waals surface area (Å²) in [5, 5.41) is 10.4. The first kappa shape index (κ1) is 27.0. The molecule has 4 aromatic carbocycles. The Morgan fingerprint density at radius 2 is 1.05 bits per heavy atom. The molecule has 2 heterocycles. The van der Waals surface area contributed by atoms with Crippen molar-refractivity contribution < 1.29 is 19.0 Å². The van der Waals surface area contributed by atoms with Crippen LogP contribution in [0, 0.1) is 0 Å². The zero-order valence-electron chi connectivity index (χ0n) is 23.7. The van der Waals surface area contributed by atoms with E-state index in [1.807, 2.05) is 48.5 Å². The molecule has 0 spiro atoms. The van der Waals surface area contributed by atoms with Crippen LogP contribution >= 0.6 is 0 Å². The Morgan fingerprint density at radius 3 is 1.60 bits per heavy atom. The average molecular weight is 551 g/mol. The standard InChI is InChI=1S/C38H33N2O2/c1-2-3-26-42-38-17-15-34(28-36(38)32-12-8-5-9-13-32)40-24-20-30(21-25-40)29-18-22-39(23-19-29)33-14-16-37(41)35(27-33)31-10-6-4-7-11-31/h4-25,27-28H,2-3,26H2,1H3/q+1/p+1. The largest absolute Gasteiger partial charge is 0.507 e. The molecule has 0 saturated carbocycles. The third kappa shape index (κ3) is 5.93. The second kappa shape index (κ2) is 12.5. The zero-order chi connectivity index (χ0) is 28.7. The molecule has 4 nitrogen and oxygen atoms in total. The van der Waals surface area contributed by atoms with Crippen molar-refractivity contribution in [2.24, 2.45) is 0 Å². The summed E-state index contributed by atoms with van der Waals surface area (Å²) in [7, 11) is 0. The maximum atomic E-state index is 10.4. The van der Waals surface area contributed by atoms with Crippen molar-refractivity contribution in [1.29, 1.82) is 0 Å². The van der Waals surface area contributed by atoms with Gasteiger partial charge in [-0.15, -0.1) is 0 Å². The van der Waals surface area contributed by atoms with Gasteiger partial charge in [0, 0.05) is 59.7 Å². The Morgan fingerprint density at radius 1 is 0.548 bits per heavy atom. The highest BCUT2D eigenvalue weighted by Crippen LogP contribution is 2.32. The molecule has 6 aromatic rings. The quantitative estimate of drug-likeness (QED) is 0.146. The van der Waals surface area contributed by atoms with Gasteiger partial charge in [-0.3, -0.25) is 0 Å². The number of hydrogen-bond donors (Lipinski definition) is 1. The average Bonchev–Trinajstić information content (AvgIpc) is 3.06. The summed E-state index contributed by atoms with van der Waals surface area (Å²) in [4.78, 5) is 0. The first-order chi connectivity index (χ1) is 20.7. The van der Waals surface area contributed by atoms with E-state index in [0.717, 1.165) is 70.0 Å². The van der Waals surface area contributed by atoms with Crippen LogP contribution in [0.2, 0.25) is 0 Å². The van der Waals surface area contributed by atoms with Crippen molar-refractivity contribution in [2.45, 2.75) is 19.8 Å². The smallest absolute Gasteiger partial charge is 0.211 e. The molecule has 0 aliphatic heterocycles. The van der Waals surface area contributed by atoms with Gasteiger partial charge in [-0.1, -0.05) is 74.0 Å². The number of pyridine rings is 2. The van der Waals surface area contributed by atoms with Crippen LogP contribution in [-0.2, 0) is 0 Å². The number of nitrogens with zero attached hydrogens (tertiary/aromatic N) is 2. The molecule has 4 heteroatoms. The first-order valence-corrected chi connectivity index (χ1v) is 14.4. The third-order valence-corrected chi connectivity index (χ3v) is 7.46. The summed E-state index contributed by atoms with van der Waals surface area (Å²) in [5.74, 6) is 1.19. The lowest BCUT2D eigenvalue weighted by Crippen LogP contribution is -2.29. The lowest BCUT2D eigenvalue weighted by Gasteiger charge is -2.12. The van der Waals surface area contributed by atoms with E-state index in [1.165, 1.54) is 0 Å². The van der Waals surface area contributed by atoms with Crippen molar-refractivity contribution in [3.63, 3.8) is 0 Å². The molecule has 0 amide bonds. The maximum Gasteiger partial charge on any atom is 0.211 e. The van der Waals surface area contributed by atoms with E-state index in [2.05, 4.69) is 108 Å². The molecule has 42 heavy (non-hydrogen) atoms. The van der Waals surface area contributed by atoms with Crippen LogP contribution in [-0.4, -0.2) is 11.7 Å². The highest BCUT2D eigenvalue weighted by molar-refractivity contribution is 5.73. The monoisotopic (exact) mass is 550 g/mol. The van der Waals surface area contributed by atoms with Gasteiger partial charge in [0.05, 0.1) is 6.61 Å². The Hall–Kier alpha value is -5.22. The van der Waals surface area contributed by atoms with Crippen LogP contribution in [0.15, 0.2) is 146 Å². The summed E-state index contributed by atoms with van der Waals surface area (Å²) in [6.07, 6.45) is 10.5. The Bertz CT molecular complexity index is 1770. The van der Waals surface area contributed by atoms with Crippen molar-refractivity contribution in [3.8, 4) is 56.3 Å². The number of rotatable bonds is 9. The summed E-state index contributed by atoms with van der Waals surface area (Å²) < 4.78 is 10.4. The normalized spacial score (nSPS) is 10.9. The lowest BCUT2D eigenvalue weighted by molar-refractivity contribution is -0.596. The fourth-order valence-electron chi connectivity index (χ4n) is 5.09. The summed E-state index contributed by atoms with van der Waals surface area (Å²) >= 11 is 0. The fourth-order valence-corrected chi connectivity index (χ4v) is 5.09. The highest BCUT2D eigenvalue weighted by atomic mass is 16.5. The summed E-state index contributed by atoms with van der Waals surface area (Å²) in [6, 6.07) is 41.0. The molecule has 0 aliphatic rings. The van der Waals surface area contributed by atoms with E-state index in [1.54, 1.807) is 6.07 Å². The highest BCUT2D eigenvalue weighted by Gasteiger charge is 2.15. The number of aromatic hydroxyl groups is 1. The Labute approximate surface area is 247 Å². The molecule has 0 fully saturated rings. The molecule has 0 atom stereocenters. The van der Waals surface area contributed by atoms with Gasteiger partial charge in [-0.25, -0.2) is 0 Å². The second-order valence-electron chi connectivity index (χ2n) is 10.3.